The van der Waals surface area contributed by atoms with Crippen molar-refractivity contribution in [1.29, 1.82) is 0 Å². The van der Waals surface area contributed by atoms with Gasteiger partial charge < -0.3 is 15.4 Å². The number of carbonyl (C=O) groups is 2. The van der Waals surface area contributed by atoms with Gasteiger partial charge in [0.25, 0.3) is 0 Å². The van der Waals surface area contributed by atoms with Gasteiger partial charge in [-0.3, -0.25) is 4.90 Å². The molecule has 0 aliphatic carbocycles. The Kier molecular flexibility index (Phi) is 5.38. The van der Waals surface area contributed by atoms with Crippen LogP contribution >= 0.6 is 0 Å². The normalized spacial score (nSPS) is 21.5. The quantitative estimate of drug-likeness (QED) is 0.823. The minimum absolute atomic E-state index is 0.284. The van der Waals surface area contributed by atoms with Gasteiger partial charge in [0.05, 0.1) is 18.7 Å². The number of urea groups is 1. The second-order valence-corrected chi connectivity index (χ2v) is 6.61. The maximum Gasteiger partial charge on any atom is 0.338 e. The van der Waals surface area contributed by atoms with E-state index in [1.807, 2.05) is 31.2 Å². The van der Waals surface area contributed by atoms with Crippen LogP contribution in [0.2, 0.25) is 0 Å². The van der Waals surface area contributed by atoms with Crippen molar-refractivity contribution in [3.63, 3.8) is 0 Å². The smallest absolute Gasteiger partial charge is 0.338 e. The lowest BCUT2D eigenvalue weighted by molar-refractivity contribution is -0.136. The second kappa shape index (κ2) is 7.70. The van der Waals surface area contributed by atoms with Gasteiger partial charge in [0.1, 0.15) is 0 Å². The molecule has 1 atom stereocenters. The first kappa shape index (κ1) is 17.5. The van der Waals surface area contributed by atoms with Gasteiger partial charge in [-0.05, 0) is 44.0 Å². The summed E-state index contributed by atoms with van der Waals surface area (Å²) in [6.45, 7) is 4.50. The van der Waals surface area contributed by atoms with Crippen LogP contribution in [0, 0.1) is 6.92 Å². The van der Waals surface area contributed by atoms with Crippen LogP contribution in [0.3, 0.4) is 0 Å². The molecule has 0 aromatic heterocycles. The lowest BCUT2D eigenvalue weighted by atomic mass is 9.92. The summed E-state index contributed by atoms with van der Waals surface area (Å²) in [5.41, 5.74) is 3.06. The topological polar surface area (TPSA) is 70.7 Å². The van der Waals surface area contributed by atoms with E-state index < -0.39 is 12.0 Å². The second-order valence-electron chi connectivity index (χ2n) is 6.61. The van der Waals surface area contributed by atoms with Crippen LogP contribution in [0.1, 0.15) is 36.4 Å². The van der Waals surface area contributed by atoms with Gasteiger partial charge in [-0.1, -0.05) is 30.7 Å². The number of likely N-dealkylation sites (tertiary alicyclic amines) is 1. The molecule has 25 heavy (non-hydrogen) atoms. The number of benzene rings is 1. The molecule has 1 saturated heterocycles. The van der Waals surface area contributed by atoms with E-state index in [1.54, 1.807) is 0 Å². The van der Waals surface area contributed by atoms with Crippen LogP contribution in [0.25, 0.3) is 0 Å². The Morgan fingerprint density at radius 3 is 2.64 bits per heavy atom. The monoisotopic (exact) mass is 343 g/mol. The molecule has 1 fully saturated rings. The molecule has 6 heteroatoms. The molecule has 0 radical (unpaired) electrons. The van der Waals surface area contributed by atoms with Gasteiger partial charge in [0.2, 0.25) is 0 Å². The first-order chi connectivity index (χ1) is 12.1. The number of piperidine rings is 1. The summed E-state index contributed by atoms with van der Waals surface area (Å²) in [4.78, 5) is 27.1. The predicted octanol–water partition coefficient (Wildman–Crippen LogP) is 2.26. The van der Waals surface area contributed by atoms with Gasteiger partial charge in [-0.2, -0.15) is 0 Å². The number of hydrogen-bond acceptors (Lipinski definition) is 4. The van der Waals surface area contributed by atoms with E-state index in [0.717, 1.165) is 37.1 Å². The van der Waals surface area contributed by atoms with Gasteiger partial charge in [0, 0.05) is 12.2 Å². The molecular weight excluding hydrogens is 318 g/mol. The number of amides is 2. The zero-order valence-corrected chi connectivity index (χ0v) is 14.8. The number of rotatable bonds is 4. The molecular formula is C19H25N3O3. The van der Waals surface area contributed by atoms with Gasteiger partial charge in [0.15, 0.2) is 0 Å². The molecule has 2 amide bonds. The van der Waals surface area contributed by atoms with Crippen molar-refractivity contribution < 1.29 is 14.3 Å². The number of nitrogens with one attached hydrogen (secondary N) is 2. The van der Waals surface area contributed by atoms with Crippen LogP contribution in [-0.2, 0) is 9.53 Å². The van der Waals surface area contributed by atoms with Gasteiger partial charge in [-0.15, -0.1) is 0 Å². The lowest BCUT2D eigenvalue weighted by Gasteiger charge is -2.33. The molecule has 134 valence electrons. The predicted molar refractivity (Wildman–Crippen MR) is 94.9 cm³/mol. The van der Waals surface area contributed by atoms with Crippen LogP contribution in [0.15, 0.2) is 35.5 Å². The number of esters is 1. The summed E-state index contributed by atoms with van der Waals surface area (Å²) in [6.07, 6.45) is 3.53. The minimum atomic E-state index is -0.498. The van der Waals surface area contributed by atoms with Crippen molar-refractivity contribution in [1.82, 2.24) is 15.5 Å². The van der Waals surface area contributed by atoms with Gasteiger partial charge in [-0.25, -0.2) is 9.59 Å². The van der Waals surface area contributed by atoms with Crippen molar-refractivity contribution in [2.75, 3.05) is 26.7 Å². The highest BCUT2D eigenvalue weighted by Gasteiger charge is 2.34. The summed E-state index contributed by atoms with van der Waals surface area (Å²) >= 11 is 0. The van der Waals surface area contributed by atoms with E-state index in [-0.39, 0.29) is 6.03 Å². The molecule has 1 unspecified atom stereocenters. The van der Waals surface area contributed by atoms with E-state index in [1.165, 1.54) is 13.5 Å². The number of aryl methyl sites for hydroxylation is 1. The van der Waals surface area contributed by atoms with E-state index in [9.17, 15) is 9.59 Å². The van der Waals surface area contributed by atoms with Crippen molar-refractivity contribution in [2.45, 2.75) is 32.2 Å². The van der Waals surface area contributed by atoms with E-state index in [4.69, 9.17) is 4.74 Å². The Morgan fingerprint density at radius 1 is 1.24 bits per heavy atom. The number of methoxy groups -OCH3 is 1. The van der Waals surface area contributed by atoms with Crippen molar-refractivity contribution in [3.05, 3.63) is 46.7 Å². The lowest BCUT2D eigenvalue weighted by Crippen LogP contribution is -2.49. The highest BCUT2D eigenvalue weighted by molar-refractivity contribution is 5.95. The van der Waals surface area contributed by atoms with Crippen LogP contribution < -0.4 is 10.6 Å². The Morgan fingerprint density at radius 2 is 1.96 bits per heavy atom. The van der Waals surface area contributed by atoms with E-state index in [2.05, 4.69) is 15.5 Å². The van der Waals surface area contributed by atoms with Crippen molar-refractivity contribution in [3.8, 4) is 0 Å². The standard InChI is InChI=1S/C19H25N3O3/c1-13-8-4-5-9-14(13)17-16(18(23)25-2)15(20-19(24)21-17)12-22-10-6-3-7-11-22/h4-5,8-9,17H,3,6-7,10-12H2,1-2H3,(H2,20,21,24). The highest BCUT2D eigenvalue weighted by Crippen LogP contribution is 2.30. The Balaban J connectivity index is 2.00. The molecule has 2 aliphatic heterocycles. The largest absolute Gasteiger partial charge is 0.466 e. The maximum atomic E-state index is 12.5. The summed E-state index contributed by atoms with van der Waals surface area (Å²) in [5, 5.41) is 5.71. The average Bonchev–Trinajstić information content (AvgIpc) is 2.62. The minimum Gasteiger partial charge on any atom is -0.466 e. The molecule has 2 aliphatic rings. The molecule has 0 saturated carbocycles. The molecule has 3 rings (SSSR count). The summed E-state index contributed by atoms with van der Waals surface area (Å²) in [7, 11) is 1.37. The molecule has 0 spiro atoms. The van der Waals surface area contributed by atoms with Gasteiger partial charge >= 0.3 is 12.0 Å². The average molecular weight is 343 g/mol. The summed E-state index contributed by atoms with van der Waals surface area (Å²) in [6, 6.07) is 6.98. The Hall–Kier alpha value is -2.34. The third-order valence-corrected chi connectivity index (χ3v) is 4.89. The maximum absolute atomic E-state index is 12.5. The van der Waals surface area contributed by atoms with E-state index in [0.29, 0.717) is 17.8 Å². The molecule has 0 bridgehead atoms. The number of ether oxygens (including phenoxy) is 1. The molecule has 2 heterocycles. The zero-order valence-electron chi connectivity index (χ0n) is 14.8. The fraction of sp³-hybridized carbons (Fsp3) is 0.474. The van der Waals surface area contributed by atoms with Crippen molar-refractivity contribution >= 4 is 12.0 Å². The molecule has 1 aromatic rings. The Labute approximate surface area is 148 Å². The summed E-state index contributed by atoms with van der Waals surface area (Å²) in [5.74, 6) is -0.409. The van der Waals surface area contributed by atoms with Crippen LogP contribution in [0.4, 0.5) is 4.79 Å². The SMILES string of the molecule is COC(=O)C1=C(CN2CCCCC2)NC(=O)NC1c1ccccc1C. The first-order valence-electron chi connectivity index (χ1n) is 8.77. The molecule has 1 aromatic carbocycles. The van der Waals surface area contributed by atoms with Crippen molar-refractivity contribution in [2.24, 2.45) is 0 Å². The van der Waals surface area contributed by atoms with Crippen LogP contribution in [-0.4, -0.2) is 43.6 Å². The van der Waals surface area contributed by atoms with E-state index >= 15 is 0 Å². The summed E-state index contributed by atoms with van der Waals surface area (Å²) < 4.78 is 5.03. The van der Waals surface area contributed by atoms with Crippen LogP contribution in [0.5, 0.6) is 0 Å². The fourth-order valence-electron chi connectivity index (χ4n) is 3.58. The zero-order chi connectivity index (χ0) is 17.8. The Bertz CT molecular complexity index is 693. The number of nitrogens with zero attached hydrogens (tertiary/aromatic N) is 1. The number of carbonyl (C=O) groups excluding carboxylic acids is 2. The third-order valence-electron chi connectivity index (χ3n) is 4.89. The third kappa shape index (κ3) is 3.85. The number of hydrogen-bond donors (Lipinski definition) is 2. The first-order valence-corrected chi connectivity index (χ1v) is 8.77. The highest BCUT2D eigenvalue weighted by atomic mass is 16.5. The molecule has 6 nitrogen and oxygen atoms in total. The fourth-order valence-corrected chi connectivity index (χ4v) is 3.58. The molecule has 2 N–H and O–H groups in total.